The van der Waals surface area contributed by atoms with Crippen LogP contribution < -0.4 is 5.73 Å². The van der Waals surface area contributed by atoms with E-state index in [1.807, 2.05) is 20.8 Å². The molecule has 3 nitrogen and oxygen atoms in total. The first-order valence-electron chi connectivity index (χ1n) is 6.94. The van der Waals surface area contributed by atoms with Gasteiger partial charge in [-0.25, -0.2) is 4.79 Å². The fraction of sp³-hybridized carbons (Fsp3) is 0.438. The van der Waals surface area contributed by atoms with Crippen LogP contribution in [0.5, 0.6) is 0 Å². The third kappa shape index (κ3) is 3.47. The second-order valence-corrected chi connectivity index (χ2v) is 8.23. The second-order valence-electron chi connectivity index (χ2n) is 5.92. The van der Waals surface area contributed by atoms with E-state index in [0.717, 1.165) is 21.7 Å². The van der Waals surface area contributed by atoms with Crippen LogP contribution in [0.25, 0.3) is 9.75 Å². The molecule has 2 aromatic rings. The van der Waals surface area contributed by atoms with Crippen molar-refractivity contribution in [3.8, 4) is 9.75 Å². The molecule has 5 heteroatoms. The maximum atomic E-state index is 12.3. The molecule has 0 spiro atoms. The lowest BCUT2D eigenvalue weighted by Crippen LogP contribution is -2.23. The molecule has 0 aliphatic carbocycles. The zero-order valence-corrected chi connectivity index (χ0v) is 14.7. The first-order chi connectivity index (χ1) is 9.73. The van der Waals surface area contributed by atoms with Crippen molar-refractivity contribution < 1.29 is 9.53 Å². The summed E-state index contributed by atoms with van der Waals surface area (Å²) in [6.45, 7) is 9.71. The first kappa shape index (κ1) is 16.0. The normalized spacial score (nSPS) is 11.7. The number of hydrogen-bond donors (Lipinski definition) is 1. The van der Waals surface area contributed by atoms with Gasteiger partial charge in [0.25, 0.3) is 0 Å². The average molecular weight is 323 g/mol. The number of thiophene rings is 2. The highest BCUT2D eigenvalue weighted by Crippen LogP contribution is 2.42. The summed E-state index contributed by atoms with van der Waals surface area (Å²) < 4.78 is 5.45. The smallest absolute Gasteiger partial charge is 0.351 e. The molecule has 0 saturated heterocycles. The van der Waals surface area contributed by atoms with Crippen molar-refractivity contribution in [1.29, 1.82) is 0 Å². The van der Waals surface area contributed by atoms with Gasteiger partial charge in [-0.3, -0.25) is 0 Å². The lowest BCUT2D eigenvalue weighted by atomic mass is 10.1. The highest BCUT2D eigenvalue weighted by atomic mass is 32.1. The number of ether oxygens (including phenoxy) is 1. The van der Waals surface area contributed by atoms with Gasteiger partial charge in [0.2, 0.25) is 0 Å². The van der Waals surface area contributed by atoms with E-state index in [-0.39, 0.29) is 5.97 Å². The average Bonchev–Trinajstić information content (AvgIpc) is 2.90. The number of hydrogen-bond acceptors (Lipinski definition) is 5. The highest BCUT2D eigenvalue weighted by Gasteiger charge is 2.25. The lowest BCUT2D eigenvalue weighted by molar-refractivity contribution is 0.00763. The summed E-state index contributed by atoms with van der Waals surface area (Å²) in [7, 11) is 0. The van der Waals surface area contributed by atoms with Crippen LogP contribution in [0.4, 0.5) is 5.69 Å². The Balaban J connectivity index is 2.45. The summed E-state index contributed by atoms with van der Waals surface area (Å²) in [5.41, 5.74) is 7.29. The molecule has 2 aromatic heterocycles. The fourth-order valence-electron chi connectivity index (χ4n) is 2.06. The number of nitrogens with two attached hydrogens (primary N) is 1. The lowest BCUT2D eigenvalue weighted by Gasteiger charge is -2.19. The van der Waals surface area contributed by atoms with E-state index >= 15 is 0 Å². The SMILES string of the molecule is CCc1c(-c2ccc(C)s2)sc(C(=O)OC(C)(C)C)c1N. The zero-order chi connectivity index (χ0) is 15.8. The van der Waals surface area contributed by atoms with Crippen molar-refractivity contribution in [3.05, 3.63) is 27.5 Å². The van der Waals surface area contributed by atoms with Crippen LogP contribution >= 0.6 is 22.7 Å². The van der Waals surface area contributed by atoms with Gasteiger partial charge in [-0.15, -0.1) is 22.7 Å². The Morgan fingerprint density at radius 1 is 1.29 bits per heavy atom. The van der Waals surface area contributed by atoms with E-state index < -0.39 is 5.60 Å². The molecule has 0 aliphatic rings. The molecule has 21 heavy (non-hydrogen) atoms. The van der Waals surface area contributed by atoms with Crippen molar-refractivity contribution >= 4 is 34.3 Å². The van der Waals surface area contributed by atoms with Crippen LogP contribution in [0.15, 0.2) is 12.1 Å². The van der Waals surface area contributed by atoms with Crippen LogP contribution in [0, 0.1) is 6.92 Å². The minimum absolute atomic E-state index is 0.334. The van der Waals surface area contributed by atoms with Gasteiger partial charge in [0.1, 0.15) is 10.5 Å². The summed E-state index contributed by atoms with van der Waals surface area (Å²) >= 11 is 3.16. The van der Waals surface area contributed by atoms with Gasteiger partial charge >= 0.3 is 5.97 Å². The number of aryl methyl sites for hydroxylation is 1. The Hall–Kier alpha value is -1.33. The molecule has 0 aliphatic heterocycles. The Kier molecular flexibility index (Phi) is 4.44. The van der Waals surface area contributed by atoms with Crippen molar-refractivity contribution in [1.82, 2.24) is 0 Å². The predicted octanol–water partition coefficient (Wildman–Crippen LogP) is 4.88. The standard InChI is InChI=1S/C16H21NO2S2/c1-6-10-12(17)14(15(18)19-16(3,4)5)21-13(10)11-8-7-9(2)20-11/h7-8H,6,17H2,1-5H3. The van der Waals surface area contributed by atoms with Crippen molar-refractivity contribution in [2.45, 2.75) is 46.6 Å². The number of anilines is 1. The molecule has 2 N–H and O–H groups in total. The van der Waals surface area contributed by atoms with Gasteiger partial charge < -0.3 is 10.5 Å². The maximum absolute atomic E-state index is 12.3. The molecule has 0 saturated carbocycles. The number of nitrogen functional groups attached to an aromatic ring is 1. The summed E-state index contributed by atoms with van der Waals surface area (Å²) in [5, 5.41) is 0. The summed E-state index contributed by atoms with van der Waals surface area (Å²) in [5.74, 6) is -0.334. The number of carbonyl (C=O) groups excluding carboxylic acids is 1. The van der Waals surface area contributed by atoms with Gasteiger partial charge in [-0.1, -0.05) is 6.92 Å². The molecule has 0 atom stereocenters. The third-order valence-corrected chi connectivity index (χ3v) is 5.36. The first-order valence-corrected chi connectivity index (χ1v) is 8.57. The molecule has 0 unspecified atom stereocenters. The van der Waals surface area contributed by atoms with Crippen LogP contribution in [0.3, 0.4) is 0 Å². The van der Waals surface area contributed by atoms with Crippen LogP contribution in [-0.2, 0) is 11.2 Å². The van der Waals surface area contributed by atoms with Gasteiger partial charge in [-0.2, -0.15) is 0 Å². The van der Waals surface area contributed by atoms with Gasteiger partial charge in [0.05, 0.1) is 10.6 Å². The Morgan fingerprint density at radius 3 is 2.43 bits per heavy atom. The largest absolute Gasteiger partial charge is 0.456 e. The number of carbonyl (C=O) groups is 1. The van der Waals surface area contributed by atoms with Crippen LogP contribution in [-0.4, -0.2) is 11.6 Å². The Bertz CT molecular complexity index is 662. The van der Waals surface area contributed by atoms with Crippen molar-refractivity contribution in [2.24, 2.45) is 0 Å². The Morgan fingerprint density at radius 2 is 1.95 bits per heavy atom. The number of esters is 1. The molecule has 0 aromatic carbocycles. The summed E-state index contributed by atoms with van der Waals surface area (Å²) in [4.78, 5) is 16.3. The van der Waals surface area contributed by atoms with E-state index in [1.165, 1.54) is 16.2 Å². The molecule has 2 rings (SSSR count). The topological polar surface area (TPSA) is 52.3 Å². The molecule has 0 radical (unpaired) electrons. The minimum Gasteiger partial charge on any atom is -0.456 e. The summed E-state index contributed by atoms with van der Waals surface area (Å²) in [6.07, 6.45) is 0.803. The fourth-order valence-corrected chi connectivity index (χ4v) is 4.25. The van der Waals surface area contributed by atoms with Gasteiger partial charge in [0, 0.05) is 9.75 Å². The van der Waals surface area contributed by atoms with Crippen molar-refractivity contribution in [3.63, 3.8) is 0 Å². The molecule has 114 valence electrons. The van der Waals surface area contributed by atoms with Crippen molar-refractivity contribution in [2.75, 3.05) is 5.73 Å². The molecule has 2 heterocycles. The molecule has 0 bridgehead atoms. The predicted molar refractivity (Wildman–Crippen MR) is 91.3 cm³/mol. The van der Waals surface area contributed by atoms with Gasteiger partial charge in [0.15, 0.2) is 0 Å². The summed E-state index contributed by atoms with van der Waals surface area (Å²) in [6, 6.07) is 4.17. The number of rotatable bonds is 3. The van der Waals surface area contributed by atoms with E-state index in [2.05, 4.69) is 26.0 Å². The maximum Gasteiger partial charge on any atom is 0.351 e. The van der Waals surface area contributed by atoms with E-state index in [0.29, 0.717) is 10.6 Å². The van der Waals surface area contributed by atoms with E-state index in [9.17, 15) is 4.79 Å². The zero-order valence-electron chi connectivity index (χ0n) is 13.1. The Labute approximate surface area is 133 Å². The third-order valence-electron chi connectivity index (χ3n) is 2.95. The molecule has 0 amide bonds. The van der Waals surface area contributed by atoms with Crippen LogP contribution in [0.2, 0.25) is 0 Å². The van der Waals surface area contributed by atoms with E-state index in [1.54, 1.807) is 11.3 Å². The van der Waals surface area contributed by atoms with Crippen LogP contribution in [0.1, 0.15) is 47.8 Å². The highest BCUT2D eigenvalue weighted by molar-refractivity contribution is 7.23. The minimum atomic E-state index is -0.514. The van der Waals surface area contributed by atoms with E-state index in [4.69, 9.17) is 10.5 Å². The molecular weight excluding hydrogens is 302 g/mol. The quantitative estimate of drug-likeness (QED) is 0.819. The second kappa shape index (κ2) is 5.81. The molecule has 0 fully saturated rings. The monoisotopic (exact) mass is 323 g/mol. The van der Waals surface area contributed by atoms with Gasteiger partial charge in [-0.05, 0) is 51.8 Å². The molecular formula is C16H21NO2S2.